The van der Waals surface area contributed by atoms with Crippen LogP contribution in [0.1, 0.15) is 53.4 Å². The van der Waals surface area contributed by atoms with Crippen molar-refractivity contribution in [3.63, 3.8) is 0 Å². The lowest BCUT2D eigenvalue weighted by atomic mass is 9.59. The molecule has 0 bridgehead atoms. The van der Waals surface area contributed by atoms with Crippen molar-refractivity contribution < 1.29 is 10.2 Å². The standard InChI is InChI=1S/C15H26O2/c1-13(2)7-5-8-14(13,3)11-6-9-15(4,17)12(16)10-11/h6,9,11-12,16-17H,5,7-8,10H2,1-4H3/t11-,12+,14+,15+/m1/s1. The van der Waals surface area contributed by atoms with E-state index in [1.54, 1.807) is 13.0 Å². The Morgan fingerprint density at radius 2 is 1.76 bits per heavy atom. The van der Waals surface area contributed by atoms with E-state index in [2.05, 4.69) is 26.8 Å². The second kappa shape index (κ2) is 3.83. The first kappa shape index (κ1) is 13.1. The lowest BCUT2D eigenvalue weighted by Gasteiger charge is -2.47. The molecular weight excluding hydrogens is 212 g/mol. The van der Waals surface area contributed by atoms with Crippen LogP contribution in [0.2, 0.25) is 0 Å². The minimum Gasteiger partial charge on any atom is -0.390 e. The Bertz CT molecular complexity index is 330. The summed E-state index contributed by atoms with van der Waals surface area (Å²) >= 11 is 0. The van der Waals surface area contributed by atoms with E-state index < -0.39 is 11.7 Å². The molecule has 17 heavy (non-hydrogen) atoms. The van der Waals surface area contributed by atoms with Crippen molar-refractivity contribution in [2.75, 3.05) is 0 Å². The summed E-state index contributed by atoms with van der Waals surface area (Å²) in [5, 5.41) is 20.0. The zero-order valence-electron chi connectivity index (χ0n) is 11.5. The third-order valence-corrected chi connectivity index (χ3v) is 5.68. The van der Waals surface area contributed by atoms with Gasteiger partial charge in [-0.2, -0.15) is 0 Å². The second-order valence-electron chi connectivity index (χ2n) is 7.10. The van der Waals surface area contributed by atoms with Crippen LogP contribution >= 0.6 is 0 Å². The topological polar surface area (TPSA) is 40.5 Å². The number of rotatable bonds is 1. The maximum absolute atomic E-state index is 10.1. The third-order valence-electron chi connectivity index (χ3n) is 5.68. The summed E-state index contributed by atoms with van der Waals surface area (Å²) in [6, 6.07) is 0. The average Bonchev–Trinajstić information content (AvgIpc) is 2.47. The maximum Gasteiger partial charge on any atom is 0.106 e. The zero-order chi connectivity index (χ0) is 12.9. The molecule has 2 aliphatic rings. The van der Waals surface area contributed by atoms with E-state index in [0.29, 0.717) is 17.8 Å². The third kappa shape index (κ3) is 1.96. The summed E-state index contributed by atoms with van der Waals surface area (Å²) in [6.45, 7) is 8.72. The smallest absolute Gasteiger partial charge is 0.106 e. The van der Waals surface area contributed by atoms with Gasteiger partial charge in [-0.3, -0.25) is 0 Å². The molecule has 2 aliphatic carbocycles. The molecule has 0 aromatic rings. The number of hydrogen-bond acceptors (Lipinski definition) is 2. The van der Waals surface area contributed by atoms with Gasteiger partial charge in [0, 0.05) is 0 Å². The molecular formula is C15H26O2. The number of hydrogen-bond donors (Lipinski definition) is 2. The van der Waals surface area contributed by atoms with Crippen LogP contribution in [0.25, 0.3) is 0 Å². The molecule has 1 saturated carbocycles. The van der Waals surface area contributed by atoms with E-state index in [4.69, 9.17) is 0 Å². The fourth-order valence-corrected chi connectivity index (χ4v) is 3.66. The van der Waals surface area contributed by atoms with Gasteiger partial charge in [-0.25, -0.2) is 0 Å². The van der Waals surface area contributed by atoms with Gasteiger partial charge >= 0.3 is 0 Å². The van der Waals surface area contributed by atoms with Gasteiger partial charge in [0.25, 0.3) is 0 Å². The van der Waals surface area contributed by atoms with Crippen LogP contribution in [0.5, 0.6) is 0 Å². The largest absolute Gasteiger partial charge is 0.390 e. The summed E-state index contributed by atoms with van der Waals surface area (Å²) in [4.78, 5) is 0. The molecule has 0 radical (unpaired) electrons. The van der Waals surface area contributed by atoms with Crippen LogP contribution in [-0.2, 0) is 0 Å². The van der Waals surface area contributed by atoms with Crippen LogP contribution in [0.15, 0.2) is 12.2 Å². The Kier molecular flexibility index (Phi) is 2.95. The molecule has 2 nitrogen and oxygen atoms in total. The molecule has 4 atom stereocenters. The fourth-order valence-electron chi connectivity index (χ4n) is 3.66. The second-order valence-corrected chi connectivity index (χ2v) is 7.10. The van der Waals surface area contributed by atoms with Crippen LogP contribution < -0.4 is 0 Å². The Balaban J connectivity index is 2.26. The SMILES string of the molecule is CC1(C)CCC[C@@]1(C)[C@@H]1C=C[C@](C)(O)[C@@H](O)C1. The highest BCUT2D eigenvalue weighted by atomic mass is 16.3. The molecule has 2 rings (SSSR count). The van der Waals surface area contributed by atoms with Gasteiger partial charge in [-0.1, -0.05) is 39.3 Å². The molecule has 2 N–H and O–H groups in total. The van der Waals surface area contributed by atoms with E-state index in [9.17, 15) is 10.2 Å². The quantitative estimate of drug-likeness (QED) is 0.690. The lowest BCUT2D eigenvalue weighted by Crippen LogP contribution is -2.46. The van der Waals surface area contributed by atoms with Gasteiger partial charge in [0.1, 0.15) is 5.60 Å². The molecule has 2 heteroatoms. The first-order valence-electron chi connectivity index (χ1n) is 6.79. The molecule has 0 unspecified atom stereocenters. The van der Waals surface area contributed by atoms with Crippen LogP contribution in [-0.4, -0.2) is 21.9 Å². The van der Waals surface area contributed by atoms with Crippen molar-refractivity contribution in [2.24, 2.45) is 16.7 Å². The maximum atomic E-state index is 10.1. The van der Waals surface area contributed by atoms with Crippen molar-refractivity contribution in [1.82, 2.24) is 0 Å². The number of aliphatic hydroxyl groups is 2. The zero-order valence-corrected chi connectivity index (χ0v) is 11.5. The highest BCUT2D eigenvalue weighted by Crippen LogP contribution is 2.58. The van der Waals surface area contributed by atoms with Gasteiger partial charge in [0.05, 0.1) is 6.10 Å². The van der Waals surface area contributed by atoms with Crippen molar-refractivity contribution in [1.29, 1.82) is 0 Å². The van der Waals surface area contributed by atoms with Gasteiger partial charge in [0.2, 0.25) is 0 Å². The molecule has 0 aliphatic heterocycles. The summed E-state index contributed by atoms with van der Waals surface area (Å²) < 4.78 is 0. The highest BCUT2D eigenvalue weighted by molar-refractivity contribution is 5.15. The molecule has 98 valence electrons. The Morgan fingerprint density at radius 3 is 2.24 bits per heavy atom. The summed E-state index contributed by atoms with van der Waals surface area (Å²) in [5.74, 6) is 0.384. The number of allylic oxidation sites excluding steroid dienone is 1. The average molecular weight is 238 g/mol. The van der Waals surface area contributed by atoms with E-state index >= 15 is 0 Å². The molecule has 0 saturated heterocycles. The molecule has 1 fully saturated rings. The molecule has 0 spiro atoms. The number of aliphatic hydroxyl groups excluding tert-OH is 1. The first-order valence-corrected chi connectivity index (χ1v) is 6.79. The van der Waals surface area contributed by atoms with E-state index in [-0.39, 0.29) is 5.41 Å². The van der Waals surface area contributed by atoms with Crippen molar-refractivity contribution >= 4 is 0 Å². The van der Waals surface area contributed by atoms with Crippen molar-refractivity contribution in [2.45, 2.75) is 65.1 Å². The Morgan fingerprint density at radius 1 is 1.12 bits per heavy atom. The van der Waals surface area contributed by atoms with Crippen LogP contribution in [0.4, 0.5) is 0 Å². The lowest BCUT2D eigenvalue weighted by molar-refractivity contribution is -0.0619. The van der Waals surface area contributed by atoms with Gasteiger partial charge in [-0.05, 0) is 42.9 Å². The molecule has 0 aromatic heterocycles. The van der Waals surface area contributed by atoms with E-state index in [1.807, 2.05) is 0 Å². The van der Waals surface area contributed by atoms with Crippen molar-refractivity contribution in [3.05, 3.63) is 12.2 Å². The predicted molar refractivity (Wildman–Crippen MR) is 69.6 cm³/mol. The monoisotopic (exact) mass is 238 g/mol. The molecule has 0 heterocycles. The summed E-state index contributed by atoms with van der Waals surface area (Å²) in [5.41, 5.74) is -0.471. The van der Waals surface area contributed by atoms with Crippen molar-refractivity contribution in [3.8, 4) is 0 Å². The van der Waals surface area contributed by atoms with Crippen LogP contribution in [0.3, 0.4) is 0 Å². The molecule has 0 amide bonds. The van der Waals surface area contributed by atoms with Gasteiger partial charge in [0.15, 0.2) is 0 Å². The summed E-state index contributed by atoms with van der Waals surface area (Å²) in [7, 11) is 0. The minimum atomic E-state index is -1.05. The highest BCUT2D eigenvalue weighted by Gasteiger charge is 2.51. The fraction of sp³-hybridized carbons (Fsp3) is 0.867. The van der Waals surface area contributed by atoms with Gasteiger partial charge < -0.3 is 10.2 Å². The first-order chi connectivity index (χ1) is 7.69. The summed E-state index contributed by atoms with van der Waals surface area (Å²) in [6.07, 6.45) is 7.75. The van der Waals surface area contributed by atoms with E-state index in [1.165, 1.54) is 19.3 Å². The predicted octanol–water partition coefficient (Wildman–Crippen LogP) is 2.89. The van der Waals surface area contributed by atoms with Gasteiger partial charge in [-0.15, -0.1) is 0 Å². The van der Waals surface area contributed by atoms with E-state index in [0.717, 1.165) is 0 Å². The normalized spacial score (nSPS) is 49.5. The Hall–Kier alpha value is -0.340. The minimum absolute atomic E-state index is 0.251. The van der Waals surface area contributed by atoms with Crippen LogP contribution in [0, 0.1) is 16.7 Å². The molecule has 0 aromatic carbocycles. The Labute approximate surface area is 105 Å².